The number of halogens is 3. The molecule has 34 heavy (non-hydrogen) atoms. The number of nitrogens with one attached hydrogen (secondary N) is 2. The highest BCUT2D eigenvalue weighted by molar-refractivity contribution is 7.09. The Balaban J connectivity index is 1.70. The molecule has 0 spiro atoms. The summed E-state index contributed by atoms with van der Waals surface area (Å²) in [5, 5.41) is 11.6. The van der Waals surface area contributed by atoms with Crippen LogP contribution < -0.4 is 24.8 Å². The average Bonchev–Trinajstić information content (AvgIpc) is 3.50. The van der Waals surface area contributed by atoms with Crippen molar-refractivity contribution < 1.29 is 32.2 Å². The predicted octanol–water partition coefficient (Wildman–Crippen LogP) is 4.56. The van der Waals surface area contributed by atoms with E-state index < -0.39 is 24.2 Å². The van der Waals surface area contributed by atoms with E-state index >= 15 is 0 Å². The molecular formula is C22H23F3N4O4S. The number of benzene rings is 1. The third kappa shape index (κ3) is 4.49. The molecule has 182 valence electrons. The van der Waals surface area contributed by atoms with E-state index in [2.05, 4.69) is 15.7 Å². The lowest BCUT2D eigenvalue weighted by molar-refractivity contribution is -0.173. The van der Waals surface area contributed by atoms with E-state index in [1.165, 1.54) is 32.7 Å². The number of rotatable bonds is 7. The van der Waals surface area contributed by atoms with E-state index in [1.807, 2.05) is 17.5 Å². The number of fused-ring (bicyclic) bond motifs is 1. The number of nitrogens with zero attached hydrogens (tertiary/aromatic N) is 2. The Hall–Kier alpha value is -3.41. The van der Waals surface area contributed by atoms with Crippen molar-refractivity contribution in [3.05, 3.63) is 51.8 Å². The highest BCUT2D eigenvalue weighted by Gasteiger charge is 2.47. The standard InChI is InChI=1S/C22H23F3N4O4S/c1-31-16-7-12(8-17(32-2)19(16)33-3)15-9-18(22(23,24)25)29-20(28-15)14(11-27-29)21(30)26-10-13-5-4-6-34-13/h4-8,11,15,18,28H,9-10H2,1-3H3,(H,26,30). The predicted molar refractivity (Wildman–Crippen MR) is 120 cm³/mol. The van der Waals surface area contributed by atoms with Crippen LogP contribution in [0.1, 0.15) is 39.3 Å². The summed E-state index contributed by atoms with van der Waals surface area (Å²) in [7, 11) is 4.30. The number of carbonyl (C=O) groups is 1. The molecule has 3 heterocycles. The summed E-state index contributed by atoms with van der Waals surface area (Å²) in [5.41, 5.74) is 0.518. The molecule has 2 N–H and O–H groups in total. The van der Waals surface area contributed by atoms with Gasteiger partial charge in [-0.2, -0.15) is 18.3 Å². The van der Waals surface area contributed by atoms with Crippen LogP contribution >= 0.6 is 11.3 Å². The van der Waals surface area contributed by atoms with Crippen molar-refractivity contribution in [2.24, 2.45) is 0 Å². The van der Waals surface area contributed by atoms with Gasteiger partial charge in [0.2, 0.25) is 5.75 Å². The van der Waals surface area contributed by atoms with Gasteiger partial charge in [0.1, 0.15) is 11.4 Å². The van der Waals surface area contributed by atoms with Crippen LogP contribution in [-0.2, 0) is 6.54 Å². The topological polar surface area (TPSA) is 86.6 Å². The van der Waals surface area contributed by atoms with Crippen LogP contribution in [0.3, 0.4) is 0 Å². The third-order valence-electron chi connectivity index (χ3n) is 5.58. The minimum absolute atomic E-state index is 0.00370. The number of amides is 1. The van der Waals surface area contributed by atoms with Crippen LogP contribution in [0.15, 0.2) is 35.8 Å². The van der Waals surface area contributed by atoms with Gasteiger partial charge in [-0.15, -0.1) is 11.3 Å². The Bertz CT molecular complexity index is 1140. The zero-order valence-corrected chi connectivity index (χ0v) is 19.4. The summed E-state index contributed by atoms with van der Waals surface area (Å²) in [6.45, 7) is 0.264. The molecule has 12 heteroatoms. The van der Waals surface area contributed by atoms with E-state index in [0.29, 0.717) is 22.8 Å². The van der Waals surface area contributed by atoms with Crippen molar-refractivity contribution in [2.45, 2.75) is 31.2 Å². The SMILES string of the molecule is COc1cc(C2CC(C(F)(F)F)n3ncc(C(=O)NCc4cccs4)c3N2)cc(OC)c1OC. The number of alkyl halides is 3. The molecule has 1 amide bonds. The van der Waals surface area contributed by atoms with Crippen molar-refractivity contribution in [3.63, 3.8) is 0 Å². The molecule has 0 saturated carbocycles. The maximum Gasteiger partial charge on any atom is 0.410 e. The van der Waals surface area contributed by atoms with Crippen LogP contribution in [0.4, 0.5) is 19.0 Å². The second-order valence-corrected chi connectivity index (χ2v) is 8.59. The summed E-state index contributed by atoms with van der Waals surface area (Å²) < 4.78 is 58.9. The zero-order chi connectivity index (χ0) is 24.5. The van der Waals surface area contributed by atoms with Gasteiger partial charge >= 0.3 is 6.18 Å². The molecule has 8 nitrogen and oxygen atoms in total. The molecule has 0 bridgehead atoms. The minimum Gasteiger partial charge on any atom is -0.493 e. The quantitative estimate of drug-likeness (QED) is 0.499. The summed E-state index contributed by atoms with van der Waals surface area (Å²) in [5.74, 6) is 0.436. The fourth-order valence-corrected chi connectivity index (χ4v) is 4.57. The van der Waals surface area contributed by atoms with Crippen LogP contribution in [0, 0.1) is 0 Å². The summed E-state index contributed by atoms with van der Waals surface area (Å²) in [6, 6.07) is 4.17. The average molecular weight is 497 g/mol. The molecule has 1 aromatic carbocycles. The van der Waals surface area contributed by atoms with Gasteiger partial charge in [0, 0.05) is 11.3 Å². The lowest BCUT2D eigenvalue weighted by Gasteiger charge is -2.34. The number of hydrogen-bond donors (Lipinski definition) is 2. The number of carbonyl (C=O) groups excluding carboxylic acids is 1. The molecule has 4 rings (SSSR count). The first kappa shape index (κ1) is 23.7. The van der Waals surface area contributed by atoms with Gasteiger partial charge in [-0.25, -0.2) is 4.68 Å². The van der Waals surface area contributed by atoms with Crippen molar-refractivity contribution in [3.8, 4) is 17.2 Å². The van der Waals surface area contributed by atoms with E-state index in [9.17, 15) is 18.0 Å². The van der Waals surface area contributed by atoms with Gasteiger partial charge in [-0.1, -0.05) is 6.07 Å². The van der Waals surface area contributed by atoms with Gasteiger partial charge in [0.05, 0.1) is 40.1 Å². The lowest BCUT2D eigenvalue weighted by Crippen LogP contribution is -2.36. The summed E-state index contributed by atoms with van der Waals surface area (Å²) in [6.07, 6.45) is -3.76. The number of hydrogen-bond acceptors (Lipinski definition) is 7. The number of ether oxygens (including phenoxy) is 3. The number of methoxy groups -OCH3 is 3. The molecule has 0 radical (unpaired) electrons. The van der Waals surface area contributed by atoms with E-state index in [-0.39, 0.29) is 24.3 Å². The van der Waals surface area contributed by atoms with Gasteiger partial charge < -0.3 is 24.8 Å². The highest BCUT2D eigenvalue weighted by Crippen LogP contribution is 2.47. The van der Waals surface area contributed by atoms with E-state index in [1.54, 1.807) is 12.1 Å². The number of anilines is 1. The molecule has 2 aromatic heterocycles. The second kappa shape index (κ2) is 9.45. The minimum atomic E-state index is -4.58. The Labute approximate surface area is 197 Å². The monoisotopic (exact) mass is 496 g/mol. The molecule has 0 fully saturated rings. The highest BCUT2D eigenvalue weighted by atomic mass is 32.1. The number of thiophene rings is 1. The Morgan fingerprint density at radius 1 is 1.24 bits per heavy atom. The summed E-state index contributed by atoms with van der Waals surface area (Å²) in [4.78, 5) is 13.7. The van der Waals surface area contributed by atoms with Gasteiger partial charge in [0.15, 0.2) is 17.5 Å². The van der Waals surface area contributed by atoms with E-state index in [4.69, 9.17) is 14.2 Å². The molecule has 1 aliphatic rings. The lowest BCUT2D eigenvalue weighted by atomic mass is 9.95. The van der Waals surface area contributed by atoms with Crippen molar-refractivity contribution >= 4 is 23.1 Å². The first-order valence-electron chi connectivity index (χ1n) is 10.3. The first-order chi connectivity index (χ1) is 16.3. The molecule has 2 atom stereocenters. The van der Waals surface area contributed by atoms with Crippen LogP contribution in [0.25, 0.3) is 0 Å². The van der Waals surface area contributed by atoms with Gasteiger partial charge in [0.25, 0.3) is 5.91 Å². The molecule has 0 saturated heterocycles. The van der Waals surface area contributed by atoms with Crippen molar-refractivity contribution in [2.75, 3.05) is 26.6 Å². The summed E-state index contributed by atoms with van der Waals surface area (Å²) >= 11 is 1.47. The molecule has 0 aliphatic carbocycles. The largest absolute Gasteiger partial charge is 0.493 e. The zero-order valence-electron chi connectivity index (χ0n) is 18.6. The fraction of sp³-hybridized carbons (Fsp3) is 0.364. The van der Waals surface area contributed by atoms with Gasteiger partial charge in [-0.3, -0.25) is 4.79 Å². The fourth-order valence-electron chi connectivity index (χ4n) is 3.93. The van der Waals surface area contributed by atoms with Crippen molar-refractivity contribution in [1.82, 2.24) is 15.1 Å². The Kier molecular flexibility index (Phi) is 6.60. The number of aromatic nitrogens is 2. The molecule has 3 aromatic rings. The van der Waals surface area contributed by atoms with E-state index in [0.717, 1.165) is 15.8 Å². The smallest absolute Gasteiger partial charge is 0.410 e. The van der Waals surface area contributed by atoms with Gasteiger partial charge in [-0.05, 0) is 29.1 Å². The molecular weight excluding hydrogens is 473 g/mol. The third-order valence-corrected chi connectivity index (χ3v) is 6.45. The van der Waals surface area contributed by atoms with Crippen molar-refractivity contribution in [1.29, 1.82) is 0 Å². The maximum atomic E-state index is 14.0. The van der Waals surface area contributed by atoms with Crippen LogP contribution in [0.5, 0.6) is 17.2 Å². The normalized spacial score (nSPS) is 17.5. The van der Waals surface area contributed by atoms with Crippen LogP contribution in [-0.4, -0.2) is 43.2 Å². The maximum absolute atomic E-state index is 14.0. The Morgan fingerprint density at radius 3 is 2.50 bits per heavy atom. The first-order valence-corrected chi connectivity index (χ1v) is 11.2. The molecule has 2 unspecified atom stereocenters. The Morgan fingerprint density at radius 2 is 1.94 bits per heavy atom. The molecule has 1 aliphatic heterocycles. The van der Waals surface area contributed by atoms with Crippen LogP contribution in [0.2, 0.25) is 0 Å². The second-order valence-electron chi connectivity index (χ2n) is 7.56.